The number of nitrogens with zero attached hydrogens (tertiary/aromatic N) is 1. The number of halogens is 2. The highest BCUT2D eigenvalue weighted by Crippen LogP contribution is 2.30. The van der Waals surface area contributed by atoms with Gasteiger partial charge < -0.3 is 14.4 Å². The fourth-order valence-electron chi connectivity index (χ4n) is 2.30. The van der Waals surface area contributed by atoms with Crippen LogP contribution in [0.4, 0.5) is 8.78 Å². The van der Waals surface area contributed by atoms with Crippen molar-refractivity contribution >= 4 is 23.3 Å². The van der Waals surface area contributed by atoms with Gasteiger partial charge in [0.2, 0.25) is 5.91 Å². The maximum Gasteiger partial charge on any atom is 0.387 e. The van der Waals surface area contributed by atoms with Gasteiger partial charge in [-0.3, -0.25) is 4.79 Å². The van der Waals surface area contributed by atoms with Crippen LogP contribution in [0.3, 0.4) is 0 Å². The number of thiophene rings is 1. The van der Waals surface area contributed by atoms with Crippen LogP contribution in [0.2, 0.25) is 0 Å². The van der Waals surface area contributed by atoms with Crippen LogP contribution in [-0.2, 0) is 11.3 Å². The Morgan fingerprint density at radius 1 is 1.27 bits per heavy atom. The SMILES string of the molecule is CCOc1cc(/C=C/C(=O)N(CC)Cc2cccs2)ccc1OC(F)F. The summed E-state index contributed by atoms with van der Waals surface area (Å²) in [7, 11) is 0. The number of carbonyl (C=O) groups is 1. The zero-order valence-corrected chi connectivity index (χ0v) is 15.5. The predicted molar refractivity (Wildman–Crippen MR) is 98.7 cm³/mol. The lowest BCUT2D eigenvalue weighted by Crippen LogP contribution is -2.28. The van der Waals surface area contributed by atoms with Gasteiger partial charge in [-0.05, 0) is 49.1 Å². The van der Waals surface area contributed by atoms with Gasteiger partial charge in [-0.15, -0.1) is 11.3 Å². The molecule has 4 nitrogen and oxygen atoms in total. The van der Waals surface area contributed by atoms with Crippen LogP contribution in [0, 0.1) is 0 Å². The third kappa shape index (κ3) is 5.84. The monoisotopic (exact) mass is 381 g/mol. The first-order valence-corrected chi connectivity index (χ1v) is 9.12. The van der Waals surface area contributed by atoms with Gasteiger partial charge in [0.1, 0.15) is 0 Å². The number of hydrogen-bond donors (Lipinski definition) is 0. The minimum Gasteiger partial charge on any atom is -0.490 e. The Hall–Kier alpha value is -2.41. The Bertz CT molecular complexity index is 732. The normalized spacial score (nSPS) is 11.1. The molecule has 0 fully saturated rings. The van der Waals surface area contributed by atoms with Gasteiger partial charge in [-0.25, -0.2) is 0 Å². The Balaban J connectivity index is 2.10. The van der Waals surface area contributed by atoms with Crippen LogP contribution in [0.25, 0.3) is 6.08 Å². The molecule has 1 aromatic carbocycles. The first kappa shape index (κ1) is 19.9. The van der Waals surface area contributed by atoms with Gasteiger partial charge in [0.05, 0.1) is 13.2 Å². The number of hydrogen-bond acceptors (Lipinski definition) is 4. The van der Waals surface area contributed by atoms with Gasteiger partial charge in [0, 0.05) is 17.5 Å². The highest BCUT2D eigenvalue weighted by molar-refractivity contribution is 7.09. The molecule has 1 aromatic heterocycles. The summed E-state index contributed by atoms with van der Waals surface area (Å²) in [4.78, 5) is 15.2. The number of alkyl halides is 2. The number of rotatable bonds is 9. The van der Waals surface area contributed by atoms with Crippen molar-refractivity contribution in [3.8, 4) is 11.5 Å². The fraction of sp³-hybridized carbons (Fsp3) is 0.316. The summed E-state index contributed by atoms with van der Waals surface area (Å²) in [6, 6.07) is 8.51. The van der Waals surface area contributed by atoms with Crippen molar-refractivity contribution in [2.45, 2.75) is 27.0 Å². The zero-order valence-electron chi connectivity index (χ0n) is 14.7. The van der Waals surface area contributed by atoms with Crippen LogP contribution in [0.5, 0.6) is 11.5 Å². The average Bonchev–Trinajstić information content (AvgIpc) is 3.12. The van der Waals surface area contributed by atoms with Crippen LogP contribution in [0.1, 0.15) is 24.3 Å². The van der Waals surface area contributed by atoms with Crippen LogP contribution in [-0.4, -0.2) is 30.6 Å². The molecule has 0 aliphatic rings. The van der Waals surface area contributed by atoms with Crippen molar-refractivity contribution < 1.29 is 23.0 Å². The van der Waals surface area contributed by atoms with Gasteiger partial charge in [-0.2, -0.15) is 8.78 Å². The number of benzene rings is 1. The molecule has 0 atom stereocenters. The van der Waals surface area contributed by atoms with Crippen molar-refractivity contribution in [2.24, 2.45) is 0 Å². The molecule has 0 aliphatic carbocycles. The summed E-state index contributed by atoms with van der Waals surface area (Å²) in [5.74, 6) is 0.0679. The lowest BCUT2D eigenvalue weighted by molar-refractivity contribution is -0.126. The summed E-state index contributed by atoms with van der Waals surface area (Å²) in [5, 5.41) is 1.97. The topological polar surface area (TPSA) is 38.8 Å². The predicted octanol–water partition coefficient (Wildman–Crippen LogP) is 4.81. The molecule has 0 spiro atoms. The zero-order chi connectivity index (χ0) is 18.9. The molecule has 2 rings (SSSR count). The molecule has 26 heavy (non-hydrogen) atoms. The molecular weight excluding hydrogens is 360 g/mol. The Morgan fingerprint density at radius 2 is 2.08 bits per heavy atom. The molecular formula is C19H21F2NO3S. The molecule has 0 N–H and O–H groups in total. The quantitative estimate of drug-likeness (QED) is 0.585. The minimum atomic E-state index is -2.92. The van der Waals surface area contributed by atoms with Crippen LogP contribution >= 0.6 is 11.3 Å². The van der Waals surface area contributed by atoms with Crippen molar-refractivity contribution in [2.75, 3.05) is 13.2 Å². The highest BCUT2D eigenvalue weighted by Gasteiger charge is 2.12. The molecule has 1 amide bonds. The van der Waals surface area contributed by atoms with E-state index in [4.69, 9.17) is 4.74 Å². The van der Waals surface area contributed by atoms with E-state index in [1.165, 1.54) is 12.1 Å². The average molecular weight is 381 g/mol. The van der Waals surface area contributed by atoms with Crippen LogP contribution < -0.4 is 9.47 Å². The fourth-order valence-corrected chi connectivity index (χ4v) is 3.02. The third-order valence-electron chi connectivity index (χ3n) is 3.52. The van der Waals surface area contributed by atoms with E-state index in [9.17, 15) is 13.6 Å². The molecule has 0 bridgehead atoms. The maximum absolute atomic E-state index is 12.4. The van der Waals surface area contributed by atoms with Gasteiger partial charge >= 0.3 is 6.61 Å². The van der Waals surface area contributed by atoms with Gasteiger partial charge in [-0.1, -0.05) is 12.1 Å². The molecule has 0 aliphatic heterocycles. The summed E-state index contributed by atoms with van der Waals surface area (Å²) >= 11 is 1.60. The maximum atomic E-state index is 12.4. The highest BCUT2D eigenvalue weighted by atomic mass is 32.1. The van der Waals surface area contributed by atoms with E-state index in [1.54, 1.807) is 41.4 Å². The molecule has 7 heteroatoms. The molecule has 140 valence electrons. The van der Waals surface area contributed by atoms with Gasteiger partial charge in [0.25, 0.3) is 0 Å². The lowest BCUT2D eigenvalue weighted by atomic mass is 10.2. The number of ether oxygens (including phenoxy) is 2. The summed E-state index contributed by atoms with van der Waals surface area (Å²) in [6.07, 6.45) is 3.10. The van der Waals surface area contributed by atoms with Gasteiger partial charge in [0.15, 0.2) is 11.5 Å². The number of amides is 1. The van der Waals surface area contributed by atoms with E-state index in [0.717, 1.165) is 4.88 Å². The second kappa shape index (κ2) is 9.91. The van der Waals surface area contributed by atoms with Crippen LogP contribution in [0.15, 0.2) is 41.8 Å². The molecule has 1 heterocycles. The molecule has 0 unspecified atom stereocenters. The number of carbonyl (C=O) groups excluding carboxylic acids is 1. The van der Waals surface area contributed by atoms with E-state index in [0.29, 0.717) is 25.3 Å². The second-order valence-electron chi connectivity index (χ2n) is 5.28. The largest absolute Gasteiger partial charge is 0.490 e. The van der Waals surface area contributed by atoms with Crippen molar-refractivity contribution in [1.29, 1.82) is 0 Å². The summed E-state index contributed by atoms with van der Waals surface area (Å²) in [6.45, 7) is 2.21. The second-order valence-corrected chi connectivity index (χ2v) is 6.32. The Labute approximate surface area is 155 Å². The lowest BCUT2D eigenvalue weighted by Gasteiger charge is -2.18. The van der Waals surface area contributed by atoms with E-state index in [-0.39, 0.29) is 17.4 Å². The summed E-state index contributed by atoms with van der Waals surface area (Å²) < 4.78 is 34.6. The van der Waals surface area contributed by atoms with E-state index >= 15 is 0 Å². The third-order valence-corrected chi connectivity index (χ3v) is 4.38. The first-order chi connectivity index (χ1) is 12.5. The standard InChI is InChI=1S/C19H21F2NO3S/c1-3-22(13-15-6-5-11-26-15)18(23)10-8-14-7-9-16(25-19(20)21)17(12-14)24-4-2/h5-12,19H,3-4,13H2,1-2H3/b10-8+. The first-order valence-electron chi connectivity index (χ1n) is 8.24. The van der Waals surface area contributed by atoms with E-state index in [2.05, 4.69) is 4.74 Å². The summed E-state index contributed by atoms with van der Waals surface area (Å²) in [5.41, 5.74) is 0.663. The smallest absolute Gasteiger partial charge is 0.387 e. The number of likely N-dealkylation sites (N-methyl/N-ethyl adjacent to an activating group) is 1. The van der Waals surface area contributed by atoms with Crippen molar-refractivity contribution in [3.63, 3.8) is 0 Å². The Morgan fingerprint density at radius 3 is 2.69 bits per heavy atom. The molecule has 0 saturated heterocycles. The van der Waals surface area contributed by atoms with E-state index in [1.807, 2.05) is 24.4 Å². The Kier molecular flexibility index (Phi) is 7.59. The molecule has 0 saturated carbocycles. The minimum absolute atomic E-state index is 0.0294. The van der Waals surface area contributed by atoms with E-state index < -0.39 is 6.61 Å². The van der Waals surface area contributed by atoms with Crippen molar-refractivity contribution in [1.82, 2.24) is 4.90 Å². The molecule has 0 radical (unpaired) electrons. The molecule has 2 aromatic rings. The van der Waals surface area contributed by atoms with Crippen molar-refractivity contribution in [3.05, 3.63) is 52.2 Å².